The maximum Gasteiger partial charge on any atom is 0.265 e. The Balaban J connectivity index is 2.09. The van der Waals surface area contributed by atoms with Gasteiger partial charge in [-0.25, -0.2) is 0 Å². The van der Waals surface area contributed by atoms with E-state index in [0.29, 0.717) is 10.4 Å². The number of hydrogen-bond acceptors (Lipinski definition) is 2. The van der Waals surface area contributed by atoms with E-state index < -0.39 is 0 Å². The molecule has 0 atom stereocenters. The molecule has 4 nitrogen and oxygen atoms in total. The molecule has 1 aromatic heterocycles. The molecule has 0 saturated heterocycles. The van der Waals surface area contributed by atoms with Crippen LogP contribution in [0.2, 0.25) is 0 Å². The van der Waals surface area contributed by atoms with Crippen molar-refractivity contribution in [3.63, 3.8) is 0 Å². The first-order valence-electron chi connectivity index (χ1n) is 7.13. The van der Waals surface area contributed by atoms with Crippen LogP contribution in [0.15, 0.2) is 45.8 Å². The summed E-state index contributed by atoms with van der Waals surface area (Å²) in [7, 11) is 0. The van der Waals surface area contributed by atoms with Gasteiger partial charge in [0, 0.05) is 11.9 Å². The lowest BCUT2D eigenvalue weighted by Crippen LogP contribution is -2.27. The number of nitrogens with one attached hydrogen (secondary N) is 1. The van der Waals surface area contributed by atoms with Crippen molar-refractivity contribution >= 4 is 27.5 Å². The Morgan fingerprint density at radius 2 is 1.91 bits per heavy atom. The first kappa shape index (κ1) is 16.5. The van der Waals surface area contributed by atoms with Crippen LogP contribution in [0, 0.1) is 6.92 Å². The monoisotopic (exact) mass is 362 g/mol. The standard InChI is InChI=1S/C17H19BrN2O2/c1-11(2)13-4-6-14(7-5-13)19-16(21)10-20-9-12(3)8-15(18)17(20)22/h4-9,11H,10H2,1-3H3,(H,19,21). The van der Waals surface area contributed by atoms with Crippen molar-refractivity contribution in [2.75, 3.05) is 5.32 Å². The fourth-order valence-corrected chi connectivity index (χ4v) is 2.75. The number of carbonyl (C=O) groups excluding carboxylic acids is 1. The molecule has 0 saturated carbocycles. The molecule has 1 amide bonds. The van der Waals surface area contributed by atoms with Crippen LogP contribution in [0.4, 0.5) is 5.69 Å². The van der Waals surface area contributed by atoms with Gasteiger partial charge in [-0.05, 0) is 58.1 Å². The molecule has 0 aliphatic rings. The van der Waals surface area contributed by atoms with Crippen molar-refractivity contribution in [2.45, 2.75) is 33.2 Å². The number of hydrogen-bond donors (Lipinski definition) is 1. The first-order valence-corrected chi connectivity index (χ1v) is 7.92. The number of carbonyl (C=O) groups is 1. The van der Waals surface area contributed by atoms with Gasteiger partial charge in [0.25, 0.3) is 5.56 Å². The number of nitrogens with zero attached hydrogens (tertiary/aromatic N) is 1. The van der Waals surface area contributed by atoms with E-state index in [2.05, 4.69) is 35.1 Å². The van der Waals surface area contributed by atoms with Crippen molar-refractivity contribution in [1.82, 2.24) is 4.57 Å². The van der Waals surface area contributed by atoms with E-state index in [4.69, 9.17) is 0 Å². The summed E-state index contributed by atoms with van der Waals surface area (Å²) in [6.07, 6.45) is 1.68. The summed E-state index contributed by atoms with van der Waals surface area (Å²) in [6.45, 7) is 6.11. The minimum atomic E-state index is -0.225. The SMILES string of the molecule is Cc1cc(Br)c(=O)n(CC(=O)Nc2ccc(C(C)C)cc2)c1. The van der Waals surface area contributed by atoms with E-state index in [9.17, 15) is 9.59 Å². The molecule has 0 bridgehead atoms. The smallest absolute Gasteiger partial charge is 0.265 e. The molecular weight excluding hydrogens is 344 g/mol. The second-order valence-electron chi connectivity index (χ2n) is 5.62. The van der Waals surface area contributed by atoms with Crippen molar-refractivity contribution in [3.05, 3.63) is 62.5 Å². The van der Waals surface area contributed by atoms with Gasteiger partial charge in [0.15, 0.2) is 0 Å². The largest absolute Gasteiger partial charge is 0.325 e. The lowest BCUT2D eigenvalue weighted by atomic mass is 10.0. The van der Waals surface area contributed by atoms with Crippen LogP contribution in [-0.2, 0) is 11.3 Å². The van der Waals surface area contributed by atoms with E-state index in [1.807, 2.05) is 31.2 Å². The number of aryl methyl sites for hydroxylation is 1. The number of halogens is 1. The molecular formula is C17H19BrN2O2. The van der Waals surface area contributed by atoms with E-state index in [1.165, 1.54) is 10.1 Å². The lowest BCUT2D eigenvalue weighted by Gasteiger charge is -2.10. The van der Waals surface area contributed by atoms with Crippen molar-refractivity contribution < 1.29 is 4.79 Å². The first-order chi connectivity index (χ1) is 10.4. The van der Waals surface area contributed by atoms with Gasteiger partial charge in [0.1, 0.15) is 6.54 Å². The van der Waals surface area contributed by atoms with Crippen LogP contribution in [-0.4, -0.2) is 10.5 Å². The normalized spacial score (nSPS) is 10.8. The quantitative estimate of drug-likeness (QED) is 0.901. The summed E-state index contributed by atoms with van der Waals surface area (Å²) < 4.78 is 1.86. The summed E-state index contributed by atoms with van der Waals surface area (Å²) >= 11 is 3.21. The highest BCUT2D eigenvalue weighted by molar-refractivity contribution is 9.10. The number of aromatic nitrogens is 1. The fourth-order valence-electron chi connectivity index (χ4n) is 2.16. The second kappa shape index (κ2) is 6.92. The van der Waals surface area contributed by atoms with Gasteiger partial charge >= 0.3 is 0 Å². The number of benzene rings is 1. The Bertz CT molecular complexity index is 733. The van der Waals surface area contributed by atoms with Crippen LogP contribution < -0.4 is 10.9 Å². The van der Waals surface area contributed by atoms with Crippen LogP contribution >= 0.6 is 15.9 Å². The van der Waals surface area contributed by atoms with Crippen LogP contribution in [0.25, 0.3) is 0 Å². The molecule has 2 aromatic rings. The Morgan fingerprint density at radius 3 is 2.50 bits per heavy atom. The second-order valence-corrected chi connectivity index (χ2v) is 6.48. The van der Waals surface area contributed by atoms with E-state index in [1.54, 1.807) is 12.3 Å². The van der Waals surface area contributed by atoms with Crippen LogP contribution in [0.5, 0.6) is 0 Å². The van der Waals surface area contributed by atoms with Gasteiger partial charge in [-0.15, -0.1) is 0 Å². The highest BCUT2D eigenvalue weighted by atomic mass is 79.9. The van der Waals surface area contributed by atoms with Crippen molar-refractivity contribution in [3.8, 4) is 0 Å². The zero-order chi connectivity index (χ0) is 16.3. The molecule has 2 rings (SSSR count). The lowest BCUT2D eigenvalue weighted by molar-refractivity contribution is -0.116. The molecule has 0 radical (unpaired) electrons. The topological polar surface area (TPSA) is 51.1 Å². The molecule has 22 heavy (non-hydrogen) atoms. The van der Waals surface area contributed by atoms with E-state index in [0.717, 1.165) is 11.3 Å². The molecule has 1 aromatic carbocycles. The average Bonchev–Trinajstić information content (AvgIpc) is 2.44. The van der Waals surface area contributed by atoms with E-state index >= 15 is 0 Å². The van der Waals surface area contributed by atoms with Crippen LogP contribution in [0.3, 0.4) is 0 Å². The molecule has 0 spiro atoms. The molecule has 0 aliphatic carbocycles. The van der Waals surface area contributed by atoms with Gasteiger partial charge < -0.3 is 9.88 Å². The van der Waals surface area contributed by atoms with Gasteiger partial charge in [-0.3, -0.25) is 9.59 Å². The Kier molecular flexibility index (Phi) is 5.19. The summed E-state index contributed by atoms with van der Waals surface area (Å²) in [5.74, 6) is 0.227. The van der Waals surface area contributed by atoms with Crippen molar-refractivity contribution in [1.29, 1.82) is 0 Å². The van der Waals surface area contributed by atoms with Gasteiger partial charge in [0.05, 0.1) is 4.47 Å². The molecule has 116 valence electrons. The minimum Gasteiger partial charge on any atom is -0.325 e. The maximum atomic E-state index is 12.1. The number of amides is 1. The molecule has 5 heteroatoms. The minimum absolute atomic E-state index is 0.00888. The Hall–Kier alpha value is -1.88. The average molecular weight is 363 g/mol. The van der Waals surface area contributed by atoms with E-state index in [-0.39, 0.29) is 18.0 Å². The zero-order valence-electron chi connectivity index (χ0n) is 12.9. The summed E-state index contributed by atoms with van der Waals surface area (Å²) in [5, 5.41) is 2.81. The molecule has 1 heterocycles. The number of pyridine rings is 1. The van der Waals surface area contributed by atoms with Gasteiger partial charge in [-0.2, -0.15) is 0 Å². The summed E-state index contributed by atoms with van der Waals surface area (Å²) in [6, 6.07) is 9.48. The molecule has 0 fully saturated rings. The summed E-state index contributed by atoms with van der Waals surface area (Å²) in [4.78, 5) is 24.1. The number of anilines is 1. The molecule has 1 N–H and O–H groups in total. The summed E-state index contributed by atoms with van der Waals surface area (Å²) in [5.41, 5.74) is 2.66. The predicted octanol–water partition coefficient (Wildman–Crippen LogP) is 3.68. The zero-order valence-corrected chi connectivity index (χ0v) is 14.5. The third-order valence-corrected chi connectivity index (χ3v) is 3.92. The van der Waals surface area contributed by atoms with Crippen molar-refractivity contribution in [2.24, 2.45) is 0 Å². The maximum absolute atomic E-state index is 12.1. The van der Waals surface area contributed by atoms with Gasteiger partial charge in [-0.1, -0.05) is 26.0 Å². The third-order valence-electron chi connectivity index (χ3n) is 3.35. The van der Waals surface area contributed by atoms with Crippen LogP contribution in [0.1, 0.15) is 30.9 Å². The highest BCUT2D eigenvalue weighted by Crippen LogP contribution is 2.17. The fraction of sp³-hybridized carbons (Fsp3) is 0.294. The van der Waals surface area contributed by atoms with Gasteiger partial charge in [0.2, 0.25) is 5.91 Å². The molecule has 0 aliphatic heterocycles. The third kappa shape index (κ3) is 4.07. The Morgan fingerprint density at radius 1 is 1.27 bits per heavy atom. The molecule has 0 unspecified atom stereocenters. The highest BCUT2D eigenvalue weighted by Gasteiger charge is 2.08. The Labute approximate surface area is 138 Å². The predicted molar refractivity (Wildman–Crippen MR) is 92.3 cm³/mol. The number of rotatable bonds is 4.